The van der Waals surface area contributed by atoms with Crippen molar-refractivity contribution in [2.75, 3.05) is 15.4 Å². The summed E-state index contributed by atoms with van der Waals surface area (Å²) in [6.45, 7) is 0. The zero-order chi connectivity index (χ0) is 17.3. The fourth-order valence-corrected chi connectivity index (χ4v) is 3.96. The van der Waals surface area contributed by atoms with Crippen LogP contribution in [0.3, 0.4) is 0 Å². The molecule has 2 aromatic carbocycles. The molecule has 0 spiro atoms. The monoisotopic (exact) mass is 364 g/mol. The van der Waals surface area contributed by atoms with Crippen molar-refractivity contribution >= 4 is 44.8 Å². The van der Waals surface area contributed by atoms with Crippen molar-refractivity contribution < 1.29 is 18.0 Å². The smallest absolute Gasteiger partial charge is 0.255 e. The van der Waals surface area contributed by atoms with E-state index in [9.17, 15) is 18.0 Å². The Kier molecular flexibility index (Phi) is 4.29. The van der Waals surface area contributed by atoms with Crippen LogP contribution >= 0.6 is 11.6 Å². The molecule has 0 aromatic heterocycles. The number of nitrogens with one attached hydrogen (secondary N) is 1. The summed E-state index contributed by atoms with van der Waals surface area (Å²) < 4.78 is 24.7. The maximum atomic E-state index is 12.3. The molecule has 3 rings (SSSR count). The first-order chi connectivity index (χ1) is 11.4. The predicted octanol–water partition coefficient (Wildman–Crippen LogP) is 2.66. The molecule has 8 heteroatoms. The minimum atomic E-state index is -3.66. The molecule has 1 saturated heterocycles. The summed E-state index contributed by atoms with van der Waals surface area (Å²) in [5.41, 5.74) is 0.971. The first-order valence-electron chi connectivity index (χ1n) is 7.10. The molecule has 124 valence electrons. The van der Waals surface area contributed by atoms with Crippen LogP contribution in [-0.4, -0.2) is 26.0 Å². The lowest BCUT2D eigenvalue weighted by atomic mass is 10.1. The number of hydrogen-bond donors (Lipinski definition) is 1. The third-order valence-corrected chi connectivity index (χ3v) is 5.47. The van der Waals surface area contributed by atoms with E-state index >= 15 is 0 Å². The summed E-state index contributed by atoms with van der Waals surface area (Å²) >= 11 is 5.79. The number of rotatable bonds is 3. The molecule has 1 heterocycles. The first kappa shape index (κ1) is 16.5. The van der Waals surface area contributed by atoms with Gasteiger partial charge in [-0.1, -0.05) is 17.7 Å². The zero-order valence-corrected chi connectivity index (χ0v) is 14.0. The summed E-state index contributed by atoms with van der Waals surface area (Å²) in [6.07, 6.45) is -0.0521. The largest absolute Gasteiger partial charge is 0.322 e. The minimum Gasteiger partial charge on any atom is -0.322 e. The summed E-state index contributed by atoms with van der Waals surface area (Å²) in [4.78, 5) is 24.1. The molecule has 6 nitrogen and oxygen atoms in total. The molecule has 0 radical (unpaired) electrons. The molecule has 0 aliphatic carbocycles. The van der Waals surface area contributed by atoms with E-state index in [4.69, 9.17) is 11.6 Å². The van der Waals surface area contributed by atoms with Gasteiger partial charge in [-0.2, -0.15) is 0 Å². The summed E-state index contributed by atoms with van der Waals surface area (Å²) in [7, 11) is -3.66. The fourth-order valence-electron chi connectivity index (χ4n) is 2.38. The molecular formula is C16H13ClN2O4S. The van der Waals surface area contributed by atoms with E-state index in [1.54, 1.807) is 30.3 Å². The van der Waals surface area contributed by atoms with Gasteiger partial charge in [-0.3, -0.25) is 9.59 Å². The Morgan fingerprint density at radius 3 is 2.46 bits per heavy atom. The van der Waals surface area contributed by atoms with Crippen molar-refractivity contribution in [3.05, 3.63) is 59.1 Å². The first-order valence-corrected chi connectivity index (χ1v) is 9.08. The minimum absolute atomic E-state index is 0.0521. The van der Waals surface area contributed by atoms with E-state index in [0.29, 0.717) is 10.7 Å². The van der Waals surface area contributed by atoms with Gasteiger partial charge in [0.2, 0.25) is 15.9 Å². The van der Waals surface area contributed by atoms with Gasteiger partial charge in [-0.25, -0.2) is 12.7 Å². The molecule has 1 aliphatic heterocycles. The Labute approximate surface area is 144 Å². The van der Waals surface area contributed by atoms with Crippen molar-refractivity contribution in [1.82, 2.24) is 0 Å². The Bertz CT molecular complexity index is 910. The Morgan fingerprint density at radius 1 is 1.12 bits per heavy atom. The van der Waals surface area contributed by atoms with Crippen LogP contribution in [0.15, 0.2) is 48.5 Å². The van der Waals surface area contributed by atoms with E-state index in [-0.39, 0.29) is 23.4 Å². The standard InChI is InChI=1S/C16H13ClN2O4S/c17-12-4-6-13(7-5-12)18-16(21)11-2-1-3-14(10-11)19-15(20)8-9-24(19,22)23/h1-7,10H,8-9H2,(H,18,21). The molecule has 1 fully saturated rings. The van der Waals surface area contributed by atoms with Crippen molar-refractivity contribution in [1.29, 1.82) is 0 Å². The van der Waals surface area contributed by atoms with Crippen LogP contribution in [0.25, 0.3) is 0 Å². The molecule has 0 saturated carbocycles. The Balaban J connectivity index is 1.86. The van der Waals surface area contributed by atoms with E-state index in [2.05, 4.69) is 5.32 Å². The summed E-state index contributed by atoms with van der Waals surface area (Å²) in [6, 6.07) is 12.5. The number of anilines is 2. The number of nitrogens with zero attached hydrogens (tertiary/aromatic N) is 1. The molecule has 0 bridgehead atoms. The maximum absolute atomic E-state index is 12.3. The second-order valence-electron chi connectivity index (χ2n) is 5.24. The van der Waals surface area contributed by atoms with Crippen LogP contribution in [0.4, 0.5) is 11.4 Å². The van der Waals surface area contributed by atoms with Gasteiger partial charge in [0.15, 0.2) is 0 Å². The van der Waals surface area contributed by atoms with Gasteiger partial charge < -0.3 is 5.32 Å². The lowest BCUT2D eigenvalue weighted by Gasteiger charge is -2.15. The predicted molar refractivity (Wildman–Crippen MR) is 91.7 cm³/mol. The Hall–Kier alpha value is -2.38. The van der Waals surface area contributed by atoms with Crippen LogP contribution < -0.4 is 9.62 Å². The van der Waals surface area contributed by atoms with E-state index < -0.39 is 21.8 Å². The van der Waals surface area contributed by atoms with Gasteiger partial charge in [0.25, 0.3) is 5.91 Å². The molecular weight excluding hydrogens is 352 g/mol. The second-order valence-corrected chi connectivity index (χ2v) is 7.61. The van der Waals surface area contributed by atoms with Crippen molar-refractivity contribution in [3.8, 4) is 0 Å². The number of benzene rings is 2. The lowest BCUT2D eigenvalue weighted by Crippen LogP contribution is -2.29. The average Bonchev–Trinajstić information content (AvgIpc) is 2.83. The molecule has 0 atom stereocenters. The lowest BCUT2D eigenvalue weighted by molar-refractivity contribution is -0.116. The normalized spacial score (nSPS) is 16.2. The highest BCUT2D eigenvalue weighted by Gasteiger charge is 2.36. The van der Waals surface area contributed by atoms with Crippen LogP contribution in [0, 0.1) is 0 Å². The van der Waals surface area contributed by atoms with Gasteiger partial charge >= 0.3 is 0 Å². The van der Waals surface area contributed by atoms with Gasteiger partial charge in [-0.05, 0) is 42.5 Å². The molecule has 1 N–H and O–H groups in total. The van der Waals surface area contributed by atoms with Crippen molar-refractivity contribution in [2.24, 2.45) is 0 Å². The molecule has 1 aliphatic rings. The zero-order valence-electron chi connectivity index (χ0n) is 12.4. The van der Waals surface area contributed by atoms with Crippen LogP contribution in [0.1, 0.15) is 16.8 Å². The number of hydrogen-bond acceptors (Lipinski definition) is 4. The van der Waals surface area contributed by atoms with E-state index in [0.717, 1.165) is 4.31 Å². The van der Waals surface area contributed by atoms with Gasteiger partial charge in [0.1, 0.15) is 0 Å². The number of carbonyl (C=O) groups is 2. The topological polar surface area (TPSA) is 83.6 Å². The SMILES string of the molecule is O=C(Nc1ccc(Cl)cc1)c1cccc(N2C(=O)CCS2(=O)=O)c1. The number of carbonyl (C=O) groups excluding carboxylic acids is 2. The molecule has 0 unspecified atom stereocenters. The highest BCUT2D eigenvalue weighted by atomic mass is 35.5. The molecule has 2 aromatic rings. The second kappa shape index (κ2) is 6.26. The van der Waals surface area contributed by atoms with E-state index in [1.807, 2.05) is 0 Å². The summed E-state index contributed by atoms with van der Waals surface area (Å²) in [5, 5.41) is 3.23. The third-order valence-electron chi connectivity index (χ3n) is 3.52. The highest BCUT2D eigenvalue weighted by molar-refractivity contribution is 7.94. The number of amides is 2. The summed E-state index contributed by atoms with van der Waals surface area (Å²) in [5.74, 6) is -1.12. The number of halogens is 1. The van der Waals surface area contributed by atoms with Crippen molar-refractivity contribution in [3.63, 3.8) is 0 Å². The third kappa shape index (κ3) is 3.27. The Morgan fingerprint density at radius 2 is 1.83 bits per heavy atom. The highest BCUT2D eigenvalue weighted by Crippen LogP contribution is 2.26. The average molecular weight is 365 g/mol. The van der Waals surface area contributed by atoms with Gasteiger partial charge in [0.05, 0.1) is 11.4 Å². The quantitative estimate of drug-likeness (QED) is 0.907. The van der Waals surface area contributed by atoms with Crippen molar-refractivity contribution in [2.45, 2.75) is 6.42 Å². The number of sulfonamides is 1. The van der Waals surface area contributed by atoms with Crippen LogP contribution in [-0.2, 0) is 14.8 Å². The van der Waals surface area contributed by atoms with Crippen LogP contribution in [0.5, 0.6) is 0 Å². The molecule has 2 amide bonds. The van der Waals surface area contributed by atoms with Crippen LogP contribution in [0.2, 0.25) is 5.02 Å². The van der Waals surface area contributed by atoms with Gasteiger partial charge in [0, 0.05) is 22.7 Å². The molecule has 24 heavy (non-hydrogen) atoms. The fraction of sp³-hybridized carbons (Fsp3) is 0.125. The van der Waals surface area contributed by atoms with Gasteiger partial charge in [-0.15, -0.1) is 0 Å². The van der Waals surface area contributed by atoms with E-state index in [1.165, 1.54) is 18.2 Å². The maximum Gasteiger partial charge on any atom is 0.255 e.